The summed E-state index contributed by atoms with van der Waals surface area (Å²) in [7, 11) is 0. The predicted molar refractivity (Wildman–Crippen MR) is 121 cm³/mol. The summed E-state index contributed by atoms with van der Waals surface area (Å²) in [6, 6.07) is 19.3. The van der Waals surface area contributed by atoms with Gasteiger partial charge in [0.25, 0.3) is 0 Å². The van der Waals surface area contributed by atoms with Gasteiger partial charge in [-0.1, -0.05) is 48.9 Å². The van der Waals surface area contributed by atoms with Gasteiger partial charge in [-0.3, -0.25) is 4.90 Å². The lowest BCUT2D eigenvalue weighted by Gasteiger charge is -2.36. The van der Waals surface area contributed by atoms with Crippen LogP contribution >= 0.6 is 0 Å². The average molecular weight is 392 g/mol. The van der Waals surface area contributed by atoms with Gasteiger partial charge in [-0.15, -0.1) is 0 Å². The van der Waals surface area contributed by atoms with E-state index in [0.29, 0.717) is 12.5 Å². The fourth-order valence-corrected chi connectivity index (χ4v) is 4.08. The Hall–Kier alpha value is -2.53. The minimum Gasteiger partial charge on any atom is -0.370 e. The zero-order valence-electron chi connectivity index (χ0n) is 17.3. The van der Waals surface area contributed by atoms with Gasteiger partial charge in [-0.25, -0.2) is 4.99 Å². The van der Waals surface area contributed by atoms with Crippen molar-refractivity contribution < 1.29 is 0 Å². The number of nitrogens with zero attached hydrogens (tertiary/aromatic N) is 3. The van der Waals surface area contributed by atoms with Crippen molar-refractivity contribution in [1.82, 2.24) is 10.2 Å². The molecule has 0 unspecified atom stereocenters. The maximum Gasteiger partial charge on any atom is 0.188 e. The van der Waals surface area contributed by atoms with Crippen LogP contribution in [0.3, 0.4) is 0 Å². The van der Waals surface area contributed by atoms with Crippen LogP contribution < -0.4 is 16.0 Å². The maximum absolute atomic E-state index is 6.08. The second kappa shape index (κ2) is 9.79. The topological polar surface area (TPSA) is 56.9 Å². The van der Waals surface area contributed by atoms with Gasteiger partial charge in [-0.2, -0.15) is 0 Å². The van der Waals surface area contributed by atoms with Crippen molar-refractivity contribution in [3.63, 3.8) is 0 Å². The highest BCUT2D eigenvalue weighted by atomic mass is 15.3. The molecule has 1 aliphatic heterocycles. The summed E-state index contributed by atoms with van der Waals surface area (Å²) in [6.45, 7) is 6.88. The number of nitrogens with one attached hydrogen (secondary N) is 1. The first-order valence-corrected chi connectivity index (χ1v) is 10.9. The number of hydrogen-bond donors (Lipinski definition) is 2. The SMILES string of the molecule is NC(=NCc1ccccc1CN1CCN(c2ccccc2)CC1)NCC1CCC1. The van der Waals surface area contributed by atoms with E-state index < -0.39 is 0 Å². The van der Waals surface area contributed by atoms with Crippen LogP contribution in [0.15, 0.2) is 59.6 Å². The third-order valence-electron chi connectivity index (χ3n) is 6.22. The number of benzene rings is 2. The van der Waals surface area contributed by atoms with Crippen molar-refractivity contribution in [2.45, 2.75) is 32.4 Å². The van der Waals surface area contributed by atoms with E-state index in [9.17, 15) is 0 Å². The zero-order chi connectivity index (χ0) is 19.9. The summed E-state index contributed by atoms with van der Waals surface area (Å²) in [4.78, 5) is 9.60. The molecule has 0 spiro atoms. The molecule has 0 bridgehead atoms. The van der Waals surface area contributed by atoms with Gasteiger partial charge >= 0.3 is 0 Å². The van der Waals surface area contributed by atoms with Crippen molar-refractivity contribution in [3.8, 4) is 0 Å². The number of piperazine rings is 1. The Bertz CT molecular complexity index is 792. The van der Waals surface area contributed by atoms with E-state index in [0.717, 1.165) is 45.2 Å². The van der Waals surface area contributed by atoms with Gasteiger partial charge in [0.1, 0.15) is 0 Å². The van der Waals surface area contributed by atoms with E-state index in [1.807, 2.05) is 0 Å². The first-order chi connectivity index (χ1) is 14.3. The second-order valence-corrected chi connectivity index (χ2v) is 8.25. The minimum absolute atomic E-state index is 0.572. The summed E-state index contributed by atoms with van der Waals surface area (Å²) >= 11 is 0. The van der Waals surface area contributed by atoms with Gasteiger partial charge in [0, 0.05) is 45.0 Å². The molecular formula is C24H33N5. The fourth-order valence-electron chi connectivity index (χ4n) is 4.08. The molecule has 2 aromatic carbocycles. The Morgan fingerprint density at radius 2 is 1.62 bits per heavy atom. The molecule has 5 heteroatoms. The number of para-hydroxylation sites is 1. The van der Waals surface area contributed by atoms with Crippen molar-refractivity contribution in [2.75, 3.05) is 37.6 Å². The zero-order valence-corrected chi connectivity index (χ0v) is 17.3. The van der Waals surface area contributed by atoms with Gasteiger partial charge in [0.15, 0.2) is 5.96 Å². The molecule has 5 nitrogen and oxygen atoms in total. The molecule has 4 rings (SSSR count). The van der Waals surface area contributed by atoms with E-state index in [4.69, 9.17) is 5.73 Å². The lowest BCUT2D eigenvalue weighted by atomic mass is 9.85. The summed E-state index contributed by atoms with van der Waals surface area (Å²) in [5.41, 5.74) is 10.0. The molecule has 0 aromatic heterocycles. The highest BCUT2D eigenvalue weighted by molar-refractivity contribution is 5.77. The monoisotopic (exact) mass is 391 g/mol. The van der Waals surface area contributed by atoms with Crippen molar-refractivity contribution in [1.29, 1.82) is 0 Å². The third kappa shape index (κ3) is 5.51. The second-order valence-electron chi connectivity index (χ2n) is 8.25. The van der Waals surface area contributed by atoms with Crippen LogP contribution in [0.2, 0.25) is 0 Å². The largest absolute Gasteiger partial charge is 0.370 e. The molecule has 154 valence electrons. The molecular weight excluding hydrogens is 358 g/mol. The van der Waals surface area contributed by atoms with Gasteiger partial charge in [-0.05, 0) is 42.0 Å². The van der Waals surface area contributed by atoms with Crippen LogP contribution in [0.5, 0.6) is 0 Å². The first kappa shape index (κ1) is 19.8. The summed E-state index contributed by atoms with van der Waals surface area (Å²) in [5.74, 6) is 1.36. The fraction of sp³-hybridized carbons (Fsp3) is 0.458. The Morgan fingerprint density at radius 1 is 0.931 bits per heavy atom. The van der Waals surface area contributed by atoms with Crippen molar-refractivity contribution >= 4 is 11.6 Å². The van der Waals surface area contributed by atoms with E-state index in [1.165, 1.54) is 36.1 Å². The summed E-state index contributed by atoms with van der Waals surface area (Å²) in [6.07, 6.45) is 4.00. The average Bonchev–Trinajstić information content (AvgIpc) is 2.73. The molecule has 0 radical (unpaired) electrons. The molecule has 1 saturated heterocycles. The van der Waals surface area contributed by atoms with E-state index in [2.05, 4.69) is 74.7 Å². The number of nitrogens with two attached hydrogens (primary N) is 1. The number of aliphatic imine (C=N–C) groups is 1. The highest BCUT2D eigenvalue weighted by Crippen LogP contribution is 2.25. The predicted octanol–water partition coefficient (Wildman–Crippen LogP) is 3.21. The summed E-state index contributed by atoms with van der Waals surface area (Å²) in [5, 5.41) is 3.29. The van der Waals surface area contributed by atoms with Crippen LogP contribution in [0.1, 0.15) is 30.4 Å². The number of rotatable bonds is 7. The molecule has 2 fully saturated rings. The smallest absolute Gasteiger partial charge is 0.188 e. The molecule has 3 N–H and O–H groups in total. The van der Waals surface area contributed by atoms with Gasteiger partial charge in [0.2, 0.25) is 0 Å². The van der Waals surface area contributed by atoms with Crippen LogP contribution in [0, 0.1) is 5.92 Å². The number of anilines is 1. The number of guanidine groups is 1. The molecule has 1 heterocycles. The van der Waals surface area contributed by atoms with Gasteiger partial charge in [0.05, 0.1) is 6.54 Å². The first-order valence-electron chi connectivity index (χ1n) is 10.9. The van der Waals surface area contributed by atoms with Gasteiger partial charge < -0.3 is 16.0 Å². The molecule has 29 heavy (non-hydrogen) atoms. The van der Waals surface area contributed by atoms with Crippen LogP contribution in [-0.2, 0) is 13.1 Å². The Labute approximate surface area is 174 Å². The normalized spacial score (nSPS) is 18.5. The quantitative estimate of drug-likeness (QED) is 0.562. The van der Waals surface area contributed by atoms with Crippen molar-refractivity contribution in [2.24, 2.45) is 16.6 Å². The molecule has 0 atom stereocenters. The van der Waals surface area contributed by atoms with Crippen LogP contribution in [0.25, 0.3) is 0 Å². The summed E-state index contributed by atoms with van der Waals surface area (Å²) < 4.78 is 0. The number of hydrogen-bond acceptors (Lipinski definition) is 3. The Kier molecular flexibility index (Phi) is 6.67. The standard InChI is InChI=1S/C24H33N5/c25-24(26-17-20-7-6-8-20)27-18-21-9-4-5-10-22(21)19-28-13-15-29(16-14-28)23-11-2-1-3-12-23/h1-5,9-12,20H,6-8,13-19H2,(H3,25,26,27). The molecule has 2 aromatic rings. The third-order valence-corrected chi connectivity index (χ3v) is 6.22. The van der Waals surface area contributed by atoms with Crippen molar-refractivity contribution in [3.05, 3.63) is 65.7 Å². The lowest BCUT2D eigenvalue weighted by Crippen LogP contribution is -2.46. The molecule has 0 amide bonds. The van der Waals surface area contributed by atoms with Crippen LogP contribution in [-0.4, -0.2) is 43.6 Å². The lowest BCUT2D eigenvalue weighted by molar-refractivity contribution is 0.249. The molecule has 2 aliphatic rings. The van der Waals surface area contributed by atoms with Crippen LogP contribution in [0.4, 0.5) is 5.69 Å². The van der Waals surface area contributed by atoms with E-state index in [1.54, 1.807) is 0 Å². The highest BCUT2D eigenvalue weighted by Gasteiger charge is 2.18. The Balaban J connectivity index is 1.29. The minimum atomic E-state index is 0.572. The molecule has 1 aliphatic carbocycles. The maximum atomic E-state index is 6.08. The van der Waals surface area contributed by atoms with E-state index in [-0.39, 0.29) is 0 Å². The molecule has 1 saturated carbocycles. The van der Waals surface area contributed by atoms with E-state index >= 15 is 0 Å². The Morgan fingerprint density at radius 3 is 2.31 bits per heavy atom.